The maximum absolute atomic E-state index is 12.0. The lowest BCUT2D eigenvalue weighted by Gasteiger charge is -2.18. The Kier molecular flexibility index (Phi) is 3.05. The molecule has 88 valence electrons. The molecule has 0 bridgehead atoms. The van der Waals surface area contributed by atoms with Crippen molar-refractivity contribution in [2.24, 2.45) is 17.8 Å². The van der Waals surface area contributed by atoms with E-state index in [0.717, 1.165) is 26.2 Å². The summed E-state index contributed by atoms with van der Waals surface area (Å²) in [5, 5.41) is 3.32. The van der Waals surface area contributed by atoms with Gasteiger partial charge in [0.05, 0.1) is 5.75 Å². The molecule has 2 saturated heterocycles. The monoisotopic (exact) mass is 232 g/mol. The molecule has 0 radical (unpaired) electrons. The molecular formula is C10H20N2O2S. The van der Waals surface area contributed by atoms with Crippen LogP contribution in [0.4, 0.5) is 0 Å². The molecule has 2 heterocycles. The zero-order valence-electron chi connectivity index (χ0n) is 9.44. The van der Waals surface area contributed by atoms with Crippen molar-refractivity contribution in [3.05, 3.63) is 0 Å². The first-order valence-electron chi connectivity index (χ1n) is 5.67. The van der Waals surface area contributed by atoms with E-state index in [9.17, 15) is 8.42 Å². The molecule has 0 aliphatic carbocycles. The van der Waals surface area contributed by atoms with E-state index in [-0.39, 0.29) is 5.92 Å². The zero-order chi connectivity index (χ0) is 11.1. The summed E-state index contributed by atoms with van der Waals surface area (Å²) in [5.74, 6) is 1.60. The van der Waals surface area contributed by atoms with Gasteiger partial charge >= 0.3 is 0 Å². The van der Waals surface area contributed by atoms with Gasteiger partial charge in [-0.25, -0.2) is 12.7 Å². The number of hydrogen-bond acceptors (Lipinski definition) is 3. The standard InChI is InChI=1S/C10H20N2O2S/c1-8(2)7-15(13,14)12-5-9-3-11-4-10(9)6-12/h8-11H,3-7H2,1-2H3. The predicted octanol–water partition coefficient (Wildman–Crippen LogP) is 0.123. The third-order valence-electron chi connectivity index (χ3n) is 3.29. The van der Waals surface area contributed by atoms with E-state index in [2.05, 4.69) is 5.32 Å². The van der Waals surface area contributed by atoms with Gasteiger partial charge in [-0.05, 0) is 30.8 Å². The molecule has 4 nitrogen and oxygen atoms in total. The van der Waals surface area contributed by atoms with Gasteiger partial charge in [-0.3, -0.25) is 0 Å². The Morgan fingerprint density at radius 1 is 1.27 bits per heavy atom. The van der Waals surface area contributed by atoms with Crippen molar-refractivity contribution in [2.45, 2.75) is 13.8 Å². The third-order valence-corrected chi connectivity index (χ3v) is 5.47. The zero-order valence-corrected chi connectivity index (χ0v) is 10.3. The van der Waals surface area contributed by atoms with Crippen molar-refractivity contribution in [2.75, 3.05) is 31.9 Å². The van der Waals surface area contributed by atoms with Crippen LogP contribution in [0.3, 0.4) is 0 Å². The molecule has 15 heavy (non-hydrogen) atoms. The largest absolute Gasteiger partial charge is 0.316 e. The molecule has 2 aliphatic rings. The van der Waals surface area contributed by atoms with Crippen LogP contribution in [0.2, 0.25) is 0 Å². The van der Waals surface area contributed by atoms with Crippen molar-refractivity contribution in [3.8, 4) is 0 Å². The van der Waals surface area contributed by atoms with Gasteiger partial charge in [0.1, 0.15) is 0 Å². The van der Waals surface area contributed by atoms with Crippen molar-refractivity contribution in [1.82, 2.24) is 9.62 Å². The first kappa shape index (κ1) is 11.4. The van der Waals surface area contributed by atoms with Gasteiger partial charge < -0.3 is 5.32 Å². The Morgan fingerprint density at radius 3 is 2.27 bits per heavy atom. The van der Waals surface area contributed by atoms with E-state index in [1.165, 1.54) is 0 Å². The van der Waals surface area contributed by atoms with Crippen LogP contribution < -0.4 is 5.32 Å². The number of fused-ring (bicyclic) bond motifs is 1. The number of sulfonamides is 1. The minimum atomic E-state index is -3.00. The van der Waals surface area contributed by atoms with Crippen LogP contribution in [-0.4, -0.2) is 44.7 Å². The van der Waals surface area contributed by atoms with Crippen LogP contribution in [0.1, 0.15) is 13.8 Å². The summed E-state index contributed by atoms with van der Waals surface area (Å²) in [6, 6.07) is 0. The Hall–Kier alpha value is -0.130. The SMILES string of the molecule is CC(C)CS(=O)(=O)N1CC2CNCC2C1. The lowest BCUT2D eigenvalue weighted by Crippen LogP contribution is -2.34. The van der Waals surface area contributed by atoms with Crippen LogP contribution in [0.5, 0.6) is 0 Å². The van der Waals surface area contributed by atoms with E-state index in [1.54, 1.807) is 4.31 Å². The van der Waals surface area contributed by atoms with Crippen molar-refractivity contribution in [3.63, 3.8) is 0 Å². The maximum atomic E-state index is 12.0. The van der Waals surface area contributed by atoms with Gasteiger partial charge in [-0.2, -0.15) is 0 Å². The van der Waals surface area contributed by atoms with E-state index in [4.69, 9.17) is 0 Å². The lowest BCUT2D eigenvalue weighted by atomic mass is 10.0. The molecule has 5 heteroatoms. The highest BCUT2D eigenvalue weighted by molar-refractivity contribution is 7.89. The molecule has 0 saturated carbocycles. The van der Waals surface area contributed by atoms with Crippen molar-refractivity contribution >= 4 is 10.0 Å². The fraction of sp³-hybridized carbons (Fsp3) is 1.00. The van der Waals surface area contributed by atoms with Crippen molar-refractivity contribution in [1.29, 1.82) is 0 Å². The highest BCUT2D eigenvalue weighted by Crippen LogP contribution is 2.28. The number of nitrogens with one attached hydrogen (secondary N) is 1. The topological polar surface area (TPSA) is 49.4 Å². The molecule has 2 fully saturated rings. The Bertz CT molecular complexity index is 314. The molecular weight excluding hydrogens is 212 g/mol. The summed E-state index contributed by atoms with van der Waals surface area (Å²) < 4.78 is 25.7. The van der Waals surface area contributed by atoms with Crippen LogP contribution in [0.25, 0.3) is 0 Å². The second kappa shape index (κ2) is 4.03. The first-order chi connectivity index (χ1) is 6.99. The summed E-state index contributed by atoms with van der Waals surface area (Å²) in [6.07, 6.45) is 0. The maximum Gasteiger partial charge on any atom is 0.214 e. The average Bonchev–Trinajstić information content (AvgIpc) is 2.56. The highest BCUT2D eigenvalue weighted by Gasteiger charge is 2.40. The van der Waals surface area contributed by atoms with E-state index < -0.39 is 10.0 Å². The third kappa shape index (κ3) is 2.34. The Balaban J connectivity index is 2.01. The second-order valence-electron chi connectivity index (χ2n) is 5.17. The molecule has 0 spiro atoms. The number of hydrogen-bond donors (Lipinski definition) is 1. The molecule has 1 N–H and O–H groups in total. The quantitative estimate of drug-likeness (QED) is 0.752. The van der Waals surface area contributed by atoms with Crippen LogP contribution in [0.15, 0.2) is 0 Å². The van der Waals surface area contributed by atoms with Gasteiger partial charge in [-0.1, -0.05) is 13.8 Å². The highest BCUT2D eigenvalue weighted by atomic mass is 32.2. The van der Waals surface area contributed by atoms with Gasteiger partial charge in [0, 0.05) is 13.1 Å². The van der Waals surface area contributed by atoms with E-state index in [0.29, 0.717) is 17.6 Å². The summed E-state index contributed by atoms with van der Waals surface area (Å²) in [5.41, 5.74) is 0. The molecule has 2 unspecified atom stereocenters. The van der Waals surface area contributed by atoms with Crippen LogP contribution in [-0.2, 0) is 10.0 Å². The number of rotatable bonds is 3. The molecule has 0 aromatic carbocycles. The Labute approximate surface area is 92.1 Å². The average molecular weight is 232 g/mol. The van der Waals surface area contributed by atoms with E-state index >= 15 is 0 Å². The van der Waals surface area contributed by atoms with E-state index in [1.807, 2.05) is 13.8 Å². The first-order valence-corrected chi connectivity index (χ1v) is 7.28. The van der Waals surface area contributed by atoms with Crippen molar-refractivity contribution < 1.29 is 8.42 Å². The Morgan fingerprint density at radius 2 is 1.80 bits per heavy atom. The normalized spacial score (nSPS) is 32.5. The van der Waals surface area contributed by atoms with Crippen LogP contribution in [0, 0.1) is 17.8 Å². The lowest BCUT2D eigenvalue weighted by molar-refractivity contribution is 0.442. The number of nitrogens with zero attached hydrogens (tertiary/aromatic N) is 1. The van der Waals surface area contributed by atoms with Crippen LogP contribution >= 0.6 is 0 Å². The molecule has 2 rings (SSSR count). The molecule has 2 aliphatic heterocycles. The smallest absolute Gasteiger partial charge is 0.214 e. The van der Waals surface area contributed by atoms with Gasteiger partial charge in [0.15, 0.2) is 0 Å². The summed E-state index contributed by atoms with van der Waals surface area (Å²) >= 11 is 0. The summed E-state index contributed by atoms with van der Waals surface area (Å²) in [7, 11) is -3.00. The fourth-order valence-electron chi connectivity index (χ4n) is 2.57. The molecule has 0 aromatic heterocycles. The summed E-state index contributed by atoms with van der Waals surface area (Å²) in [6.45, 7) is 7.34. The fourth-order valence-corrected chi connectivity index (χ4v) is 4.46. The second-order valence-corrected chi connectivity index (χ2v) is 7.18. The predicted molar refractivity (Wildman–Crippen MR) is 60.0 cm³/mol. The summed E-state index contributed by atoms with van der Waals surface area (Å²) in [4.78, 5) is 0. The van der Waals surface area contributed by atoms with Gasteiger partial charge in [-0.15, -0.1) is 0 Å². The minimum Gasteiger partial charge on any atom is -0.316 e. The van der Waals surface area contributed by atoms with Gasteiger partial charge in [0.2, 0.25) is 10.0 Å². The molecule has 0 amide bonds. The molecule has 0 aromatic rings. The molecule has 2 atom stereocenters. The minimum absolute atomic E-state index is 0.216. The van der Waals surface area contributed by atoms with Gasteiger partial charge in [0.25, 0.3) is 0 Å².